The molecular formula is C15H18N4O2. The molecule has 2 rings (SSSR count). The fraction of sp³-hybridized carbons (Fsp3) is 0.400. The molecule has 0 aliphatic carbocycles. The number of rotatable bonds is 4. The quantitative estimate of drug-likeness (QED) is 0.815. The van der Waals surface area contributed by atoms with Crippen LogP contribution in [0.2, 0.25) is 0 Å². The predicted octanol–water partition coefficient (Wildman–Crippen LogP) is -0.00522. The van der Waals surface area contributed by atoms with Crippen LogP contribution >= 0.6 is 0 Å². The van der Waals surface area contributed by atoms with Gasteiger partial charge in [0.15, 0.2) is 0 Å². The first-order valence-electron chi connectivity index (χ1n) is 6.92. The maximum atomic E-state index is 12.5. The van der Waals surface area contributed by atoms with Crippen molar-refractivity contribution in [1.29, 1.82) is 5.26 Å². The summed E-state index contributed by atoms with van der Waals surface area (Å²) < 4.78 is 0. The van der Waals surface area contributed by atoms with E-state index in [1.54, 1.807) is 17.0 Å². The Hall–Kier alpha value is -2.39. The Balaban J connectivity index is 2.07. The normalized spacial score (nSPS) is 17.7. The molecule has 6 heteroatoms. The fourth-order valence-electron chi connectivity index (χ4n) is 2.28. The maximum absolute atomic E-state index is 12.5. The van der Waals surface area contributed by atoms with Crippen LogP contribution in [-0.2, 0) is 16.1 Å². The number of carbonyl (C=O) groups is 2. The summed E-state index contributed by atoms with van der Waals surface area (Å²) in [4.78, 5) is 25.3. The van der Waals surface area contributed by atoms with E-state index in [4.69, 9.17) is 5.26 Å². The second kappa shape index (κ2) is 6.86. The molecule has 1 fully saturated rings. The average molecular weight is 286 g/mol. The molecule has 1 aromatic rings. The van der Waals surface area contributed by atoms with Gasteiger partial charge in [0.05, 0.1) is 18.2 Å². The van der Waals surface area contributed by atoms with Crippen molar-refractivity contribution in [2.45, 2.75) is 19.5 Å². The molecule has 0 saturated carbocycles. The van der Waals surface area contributed by atoms with Crippen molar-refractivity contribution in [3.05, 3.63) is 35.4 Å². The summed E-state index contributed by atoms with van der Waals surface area (Å²) in [6, 6.07) is 8.99. The lowest BCUT2D eigenvalue weighted by Crippen LogP contribution is -2.58. The van der Waals surface area contributed by atoms with Crippen LogP contribution in [0.1, 0.15) is 18.1 Å². The topological polar surface area (TPSA) is 85.2 Å². The van der Waals surface area contributed by atoms with E-state index in [9.17, 15) is 9.59 Å². The molecule has 0 aromatic heterocycles. The molecule has 1 saturated heterocycles. The van der Waals surface area contributed by atoms with Crippen LogP contribution in [0.15, 0.2) is 24.3 Å². The second-order valence-corrected chi connectivity index (χ2v) is 4.86. The minimum atomic E-state index is -0.406. The third-order valence-corrected chi connectivity index (χ3v) is 3.50. The van der Waals surface area contributed by atoms with Crippen LogP contribution in [0.25, 0.3) is 0 Å². The van der Waals surface area contributed by atoms with Crippen LogP contribution in [0, 0.1) is 11.3 Å². The lowest BCUT2D eigenvalue weighted by Gasteiger charge is -2.29. The second-order valence-electron chi connectivity index (χ2n) is 4.86. The van der Waals surface area contributed by atoms with Gasteiger partial charge in [-0.25, -0.2) is 0 Å². The maximum Gasteiger partial charge on any atom is 0.241 e. The fourth-order valence-corrected chi connectivity index (χ4v) is 2.28. The Kier molecular flexibility index (Phi) is 4.90. The highest BCUT2D eigenvalue weighted by atomic mass is 16.2. The van der Waals surface area contributed by atoms with Crippen LogP contribution in [0.5, 0.6) is 0 Å². The zero-order valence-electron chi connectivity index (χ0n) is 11.9. The van der Waals surface area contributed by atoms with Gasteiger partial charge in [-0.15, -0.1) is 0 Å². The van der Waals surface area contributed by atoms with Crippen LogP contribution in [0.4, 0.5) is 0 Å². The molecule has 2 amide bonds. The molecule has 1 aliphatic rings. The molecule has 1 aromatic carbocycles. The highest BCUT2D eigenvalue weighted by molar-refractivity contribution is 5.86. The summed E-state index contributed by atoms with van der Waals surface area (Å²) >= 11 is 0. The average Bonchev–Trinajstić information content (AvgIpc) is 2.53. The zero-order valence-corrected chi connectivity index (χ0v) is 11.9. The molecule has 1 aliphatic heterocycles. The Morgan fingerprint density at radius 3 is 2.86 bits per heavy atom. The third kappa shape index (κ3) is 3.58. The number of hydrogen-bond acceptors (Lipinski definition) is 4. The van der Waals surface area contributed by atoms with E-state index in [1.165, 1.54) is 0 Å². The van der Waals surface area contributed by atoms with E-state index in [0.29, 0.717) is 25.2 Å². The van der Waals surface area contributed by atoms with Gasteiger partial charge >= 0.3 is 0 Å². The summed E-state index contributed by atoms with van der Waals surface area (Å²) in [6.45, 7) is 3.29. The van der Waals surface area contributed by atoms with E-state index >= 15 is 0 Å². The first kappa shape index (κ1) is 15.0. The van der Waals surface area contributed by atoms with Crippen molar-refractivity contribution < 1.29 is 9.59 Å². The van der Waals surface area contributed by atoms with Crippen molar-refractivity contribution in [3.8, 4) is 6.07 Å². The van der Waals surface area contributed by atoms with E-state index in [2.05, 4.69) is 16.7 Å². The lowest BCUT2D eigenvalue weighted by atomic mass is 10.1. The van der Waals surface area contributed by atoms with E-state index < -0.39 is 6.04 Å². The first-order chi connectivity index (χ1) is 10.2. The van der Waals surface area contributed by atoms with Crippen LogP contribution in [0.3, 0.4) is 0 Å². The molecule has 2 N–H and O–H groups in total. The van der Waals surface area contributed by atoms with Gasteiger partial charge in [-0.05, 0) is 18.6 Å². The van der Waals surface area contributed by atoms with E-state index in [0.717, 1.165) is 5.56 Å². The third-order valence-electron chi connectivity index (χ3n) is 3.50. The van der Waals surface area contributed by atoms with Gasteiger partial charge in [0.1, 0.15) is 6.04 Å². The summed E-state index contributed by atoms with van der Waals surface area (Å²) in [6.07, 6.45) is 0. The minimum Gasteiger partial charge on any atom is -0.353 e. The number of likely N-dealkylation sites (N-methyl/N-ethyl adjacent to an activating group) is 1. The summed E-state index contributed by atoms with van der Waals surface area (Å²) in [7, 11) is 0. The SMILES string of the molecule is CCN(Cc1ccccc1C#N)C(=O)C1CNC(=O)CN1. The Labute approximate surface area is 123 Å². The monoisotopic (exact) mass is 286 g/mol. The van der Waals surface area contributed by atoms with Crippen LogP contribution in [-0.4, -0.2) is 42.4 Å². The van der Waals surface area contributed by atoms with Gasteiger partial charge in [0.25, 0.3) is 0 Å². The largest absolute Gasteiger partial charge is 0.353 e. The van der Waals surface area contributed by atoms with E-state index in [1.807, 2.05) is 19.1 Å². The molecule has 21 heavy (non-hydrogen) atoms. The van der Waals surface area contributed by atoms with Gasteiger partial charge in [0.2, 0.25) is 11.8 Å². The number of amides is 2. The summed E-state index contributed by atoms with van der Waals surface area (Å²) in [5, 5.41) is 14.7. The highest BCUT2D eigenvalue weighted by Gasteiger charge is 2.27. The minimum absolute atomic E-state index is 0.0646. The number of carbonyl (C=O) groups excluding carboxylic acids is 2. The molecule has 0 spiro atoms. The molecule has 110 valence electrons. The van der Waals surface area contributed by atoms with Crippen molar-refractivity contribution >= 4 is 11.8 Å². The van der Waals surface area contributed by atoms with Crippen LogP contribution < -0.4 is 10.6 Å². The predicted molar refractivity (Wildman–Crippen MR) is 77.0 cm³/mol. The molecule has 6 nitrogen and oxygen atoms in total. The standard InChI is InChI=1S/C15H18N4O2/c1-2-19(10-12-6-4-3-5-11(12)7-16)15(21)13-8-18-14(20)9-17-13/h3-6,13,17H,2,8-10H2,1H3,(H,18,20). The summed E-state index contributed by atoms with van der Waals surface area (Å²) in [5.41, 5.74) is 1.41. The molecule has 1 unspecified atom stereocenters. The number of piperazine rings is 1. The molecular weight excluding hydrogens is 268 g/mol. The number of hydrogen-bond donors (Lipinski definition) is 2. The van der Waals surface area contributed by atoms with Gasteiger partial charge in [-0.3, -0.25) is 14.9 Å². The van der Waals surface area contributed by atoms with Gasteiger partial charge in [-0.1, -0.05) is 18.2 Å². The molecule has 1 heterocycles. The van der Waals surface area contributed by atoms with Gasteiger partial charge < -0.3 is 10.2 Å². The number of nitrogens with zero attached hydrogens (tertiary/aromatic N) is 2. The molecule has 0 radical (unpaired) electrons. The van der Waals surface area contributed by atoms with Crippen molar-refractivity contribution in [1.82, 2.24) is 15.5 Å². The lowest BCUT2D eigenvalue weighted by molar-refractivity contribution is -0.135. The Morgan fingerprint density at radius 2 is 2.24 bits per heavy atom. The van der Waals surface area contributed by atoms with Crippen molar-refractivity contribution in [2.24, 2.45) is 0 Å². The number of nitrogens with one attached hydrogen (secondary N) is 2. The first-order valence-corrected chi connectivity index (χ1v) is 6.92. The highest BCUT2D eigenvalue weighted by Crippen LogP contribution is 2.12. The summed E-state index contributed by atoms with van der Waals surface area (Å²) in [5.74, 6) is -0.165. The van der Waals surface area contributed by atoms with E-state index in [-0.39, 0.29) is 18.4 Å². The number of benzene rings is 1. The Bertz CT molecular complexity index is 569. The number of nitriles is 1. The van der Waals surface area contributed by atoms with Gasteiger partial charge in [0, 0.05) is 19.6 Å². The smallest absolute Gasteiger partial charge is 0.241 e. The molecule has 0 bridgehead atoms. The Morgan fingerprint density at radius 1 is 1.48 bits per heavy atom. The van der Waals surface area contributed by atoms with Crippen molar-refractivity contribution in [2.75, 3.05) is 19.6 Å². The van der Waals surface area contributed by atoms with Gasteiger partial charge in [-0.2, -0.15) is 5.26 Å². The zero-order chi connectivity index (χ0) is 15.2. The van der Waals surface area contributed by atoms with Crippen molar-refractivity contribution in [3.63, 3.8) is 0 Å². The molecule has 1 atom stereocenters.